The highest BCUT2D eigenvalue weighted by Crippen LogP contribution is 2.28. The molecule has 2 nitrogen and oxygen atoms in total. The molecule has 2 heterocycles. The van der Waals surface area contributed by atoms with Crippen molar-refractivity contribution in [2.75, 3.05) is 7.05 Å². The summed E-state index contributed by atoms with van der Waals surface area (Å²) in [6.07, 6.45) is 0. The summed E-state index contributed by atoms with van der Waals surface area (Å²) < 4.78 is 0. The Labute approximate surface area is 117 Å². The number of pyridine rings is 1. The summed E-state index contributed by atoms with van der Waals surface area (Å²) in [5.74, 6) is 0. The highest BCUT2D eigenvalue weighted by molar-refractivity contribution is 7.10. The van der Waals surface area contributed by atoms with Gasteiger partial charge in [0.05, 0.1) is 5.52 Å². The first-order valence-corrected chi connectivity index (χ1v) is 7.24. The molecule has 0 aliphatic rings. The first kappa shape index (κ1) is 12.3. The van der Waals surface area contributed by atoms with E-state index in [4.69, 9.17) is 0 Å². The van der Waals surface area contributed by atoms with Crippen LogP contribution >= 0.6 is 11.3 Å². The van der Waals surface area contributed by atoms with Crippen molar-refractivity contribution in [1.29, 1.82) is 0 Å². The van der Waals surface area contributed by atoms with Crippen molar-refractivity contribution < 1.29 is 0 Å². The Balaban J connectivity index is 2.02. The number of aromatic nitrogens is 1. The van der Waals surface area contributed by atoms with Crippen molar-refractivity contribution in [2.45, 2.75) is 13.5 Å². The molecule has 3 heteroatoms. The topological polar surface area (TPSA) is 24.9 Å². The third kappa shape index (κ3) is 2.53. The minimum atomic E-state index is 0.930. The van der Waals surface area contributed by atoms with Crippen LogP contribution in [0.15, 0.2) is 41.8 Å². The van der Waals surface area contributed by atoms with Crippen LogP contribution in [0.3, 0.4) is 0 Å². The number of aryl methyl sites for hydroxylation is 1. The summed E-state index contributed by atoms with van der Waals surface area (Å²) in [4.78, 5) is 5.90. The highest BCUT2D eigenvalue weighted by Gasteiger charge is 2.04. The largest absolute Gasteiger partial charge is 0.315 e. The first-order chi connectivity index (χ1) is 9.26. The molecular formula is C16H16N2S. The highest BCUT2D eigenvalue weighted by atomic mass is 32.1. The van der Waals surface area contributed by atoms with E-state index in [1.807, 2.05) is 14.0 Å². The van der Waals surface area contributed by atoms with Gasteiger partial charge < -0.3 is 5.32 Å². The second-order valence-electron chi connectivity index (χ2n) is 4.69. The second-order valence-corrected chi connectivity index (χ2v) is 5.69. The zero-order chi connectivity index (χ0) is 13.2. The van der Waals surface area contributed by atoms with Gasteiger partial charge in [0.25, 0.3) is 0 Å². The number of thiophene rings is 1. The van der Waals surface area contributed by atoms with Gasteiger partial charge in [0.1, 0.15) is 0 Å². The average Bonchev–Trinajstić information content (AvgIpc) is 2.87. The maximum atomic E-state index is 4.54. The summed E-state index contributed by atoms with van der Waals surface area (Å²) in [6.45, 7) is 2.95. The van der Waals surface area contributed by atoms with Gasteiger partial charge in [-0.05, 0) is 54.7 Å². The summed E-state index contributed by atoms with van der Waals surface area (Å²) in [5, 5.41) is 6.60. The molecule has 0 fully saturated rings. The molecule has 19 heavy (non-hydrogen) atoms. The predicted octanol–water partition coefficient (Wildman–Crippen LogP) is 3.99. The van der Waals surface area contributed by atoms with Crippen LogP contribution in [0.5, 0.6) is 0 Å². The van der Waals surface area contributed by atoms with Gasteiger partial charge in [-0.3, -0.25) is 4.98 Å². The lowest BCUT2D eigenvalue weighted by Crippen LogP contribution is -2.02. The van der Waals surface area contributed by atoms with E-state index in [1.54, 1.807) is 11.3 Å². The minimum Gasteiger partial charge on any atom is -0.315 e. The molecular weight excluding hydrogens is 252 g/mol. The molecule has 0 atom stereocenters. The third-order valence-corrected chi connectivity index (χ3v) is 4.10. The van der Waals surface area contributed by atoms with Crippen molar-refractivity contribution >= 4 is 22.2 Å². The Bertz CT molecular complexity index is 716. The quantitative estimate of drug-likeness (QED) is 0.777. The fraction of sp³-hybridized carbons (Fsp3) is 0.188. The number of hydrogen-bond acceptors (Lipinski definition) is 3. The van der Waals surface area contributed by atoms with Crippen LogP contribution < -0.4 is 5.32 Å². The van der Waals surface area contributed by atoms with Crippen molar-refractivity contribution in [2.24, 2.45) is 0 Å². The number of benzene rings is 1. The molecule has 0 aliphatic heterocycles. The Morgan fingerprint density at radius 2 is 2.00 bits per heavy atom. The lowest BCUT2D eigenvalue weighted by atomic mass is 10.1. The van der Waals surface area contributed by atoms with Crippen LogP contribution in [0.1, 0.15) is 10.6 Å². The van der Waals surface area contributed by atoms with Gasteiger partial charge in [-0.1, -0.05) is 12.1 Å². The average molecular weight is 268 g/mol. The predicted molar refractivity (Wildman–Crippen MR) is 82.6 cm³/mol. The Kier molecular flexibility index (Phi) is 3.32. The molecule has 0 saturated heterocycles. The van der Waals surface area contributed by atoms with Crippen LogP contribution in [-0.2, 0) is 6.54 Å². The standard InChI is InChI=1S/C16H16N2S/c1-11-3-4-13-7-12(5-6-16(13)18-11)14-8-15(9-17-2)19-10-14/h3-8,10,17H,9H2,1-2H3. The normalized spacial score (nSPS) is 11.1. The molecule has 0 spiro atoms. The van der Waals surface area contributed by atoms with Gasteiger partial charge in [-0.25, -0.2) is 0 Å². The fourth-order valence-corrected chi connectivity index (χ4v) is 3.11. The SMILES string of the molecule is CNCc1cc(-c2ccc3nc(C)ccc3c2)cs1. The monoisotopic (exact) mass is 268 g/mol. The number of nitrogens with one attached hydrogen (secondary N) is 1. The minimum absolute atomic E-state index is 0.930. The second kappa shape index (κ2) is 5.11. The summed E-state index contributed by atoms with van der Waals surface area (Å²) in [7, 11) is 1.98. The molecule has 3 rings (SSSR count). The van der Waals surface area contributed by atoms with Crippen LogP contribution in [0, 0.1) is 6.92 Å². The van der Waals surface area contributed by atoms with Gasteiger partial charge in [0, 0.05) is 22.5 Å². The van der Waals surface area contributed by atoms with E-state index >= 15 is 0 Å². The molecule has 0 saturated carbocycles. The summed E-state index contributed by atoms with van der Waals surface area (Å²) in [5.41, 5.74) is 4.68. The van der Waals surface area contributed by atoms with Crippen molar-refractivity contribution in [3.8, 4) is 11.1 Å². The Hall–Kier alpha value is -1.71. The molecule has 96 valence electrons. The lowest BCUT2D eigenvalue weighted by Gasteiger charge is -2.02. The van der Waals surface area contributed by atoms with E-state index in [9.17, 15) is 0 Å². The smallest absolute Gasteiger partial charge is 0.0705 e. The molecule has 0 bridgehead atoms. The summed E-state index contributed by atoms with van der Waals surface area (Å²) in [6, 6.07) is 12.9. The van der Waals surface area contributed by atoms with Crippen molar-refractivity contribution in [3.05, 3.63) is 52.3 Å². The molecule has 0 unspecified atom stereocenters. The Morgan fingerprint density at radius 3 is 2.84 bits per heavy atom. The fourth-order valence-electron chi connectivity index (χ4n) is 2.21. The van der Waals surface area contributed by atoms with Gasteiger partial charge in [0.15, 0.2) is 0 Å². The molecule has 0 aliphatic carbocycles. The number of nitrogens with zero attached hydrogens (tertiary/aromatic N) is 1. The molecule has 1 aromatic carbocycles. The zero-order valence-corrected chi connectivity index (χ0v) is 11.9. The number of fused-ring (bicyclic) bond motifs is 1. The van der Waals surface area contributed by atoms with E-state index in [1.165, 1.54) is 21.4 Å². The van der Waals surface area contributed by atoms with E-state index < -0.39 is 0 Å². The van der Waals surface area contributed by atoms with Crippen molar-refractivity contribution in [1.82, 2.24) is 10.3 Å². The molecule has 0 radical (unpaired) electrons. The van der Waals surface area contributed by atoms with Gasteiger partial charge in [-0.2, -0.15) is 0 Å². The maximum absolute atomic E-state index is 4.54. The molecule has 1 N–H and O–H groups in total. The molecule has 2 aromatic heterocycles. The molecule has 0 amide bonds. The summed E-state index contributed by atoms with van der Waals surface area (Å²) >= 11 is 1.80. The van der Waals surface area contributed by atoms with E-state index in [2.05, 4.69) is 52.1 Å². The van der Waals surface area contributed by atoms with Gasteiger partial charge in [-0.15, -0.1) is 11.3 Å². The van der Waals surface area contributed by atoms with Crippen LogP contribution in [-0.4, -0.2) is 12.0 Å². The van der Waals surface area contributed by atoms with Crippen LogP contribution in [0.25, 0.3) is 22.0 Å². The van der Waals surface area contributed by atoms with E-state index in [0.29, 0.717) is 0 Å². The lowest BCUT2D eigenvalue weighted by molar-refractivity contribution is 0.831. The first-order valence-electron chi connectivity index (χ1n) is 6.36. The number of hydrogen-bond donors (Lipinski definition) is 1. The van der Waals surface area contributed by atoms with Gasteiger partial charge >= 0.3 is 0 Å². The van der Waals surface area contributed by atoms with Crippen LogP contribution in [0.4, 0.5) is 0 Å². The maximum Gasteiger partial charge on any atom is 0.0705 e. The van der Waals surface area contributed by atoms with E-state index in [0.717, 1.165) is 17.8 Å². The van der Waals surface area contributed by atoms with Crippen molar-refractivity contribution in [3.63, 3.8) is 0 Å². The Morgan fingerprint density at radius 1 is 1.11 bits per heavy atom. The van der Waals surface area contributed by atoms with E-state index in [-0.39, 0.29) is 0 Å². The molecule has 3 aromatic rings. The van der Waals surface area contributed by atoms with Gasteiger partial charge in [0.2, 0.25) is 0 Å². The third-order valence-electron chi connectivity index (χ3n) is 3.17. The van der Waals surface area contributed by atoms with Crippen LogP contribution in [0.2, 0.25) is 0 Å². The number of rotatable bonds is 3. The zero-order valence-electron chi connectivity index (χ0n) is 11.1.